The van der Waals surface area contributed by atoms with Gasteiger partial charge in [0, 0.05) is 16.8 Å². The second-order valence-corrected chi connectivity index (χ2v) is 9.14. The number of carbonyl (C=O) groups is 1. The van der Waals surface area contributed by atoms with Crippen molar-refractivity contribution in [2.75, 3.05) is 38.0 Å². The van der Waals surface area contributed by atoms with Gasteiger partial charge in [0.1, 0.15) is 32.2 Å². The highest BCUT2D eigenvalue weighted by Gasteiger charge is 2.38. The molecular formula is C27H28F3N3O+2. The van der Waals surface area contributed by atoms with Crippen LogP contribution in [0.25, 0.3) is 11.1 Å². The van der Waals surface area contributed by atoms with Crippen LogP contribution in [0.4, 0.5) is 18.9 Å². The lowest BCUT2D eigenvalue weighted by molar-refractivity contribution is -1.02. The van der Waals surface area contributed by atoms with Gasteiger partial charge >= 0.3 is 6.18 Å². The lowest BCUT2D eigenvalue weighted by Crippen LogP contribution is -3.28. The number of alkyl halides is 3. The molecule has 1 aliphatic carbocycles. The third-order valence-corrected chi connectivity index (χ3v) is 7.02. The van der Waals surface area contributed by atoms with Crippen LogP contribution >= 0.6 is 0 Å². The molecule has 4 nitrogen and oxygen atoms in total. The van der Waals surface area contributed by atoms with E-state index in [-0.39, 0.29) is 18.0 Å². The Labute approximate surface area is 197 Å². The third kappa shape index (κ3) is 4.58. The van der Waals surface area contributed by atoms with Crippen LogP contribution in [0.1, 0.15) is 29.2 Å². The van der Waals surface area contributed by atoms with Crippen LogP contribution in [0.3, 0.4) is 0 Å². The molecule has 0 atom stereocenters. The minimum Gasteiger partial charge on any atom is -0.326 e. The number of hydrogen-bond donors (Lipinski definition) is 3. The first-order chi connectivity index (χ1) is 16.4. The highest BCUT2D eigenvalue weighted by molar-refractivity contribution is 5.90. The summed E-state index contributed by atoms with van der Waals surface area (Å²) in [6.45, 7) is 4.63. The Balaban J connectivity index is 1.16. The van der Waals surface area contributed by atoms with Crippen molar-refractivity contribution in [2.45, 2.75) is 18.6 Å². The van der Waals surface area contributed by atoms with Crippen molar-refractivity contribution in [1.29, 1.82) is 0 Å². The maximum Gasteiger partial charge on any atom is 0.416 e. The molecule has 1 heterocycles. The van der Waals surface area contributed by atoms with E-state index in [4.69, 9.17) is 0 Å². The Morgan fingerprint density at radius 1 is 0.853 bits per heavy atom. The van der Waals surface area contributed by atoms with Crippen LogP contribution < -0.4 is 15.1 Å². The van der Waals surface area contributed by atoms with E-state index in [9.17, 15) is 18.0 Å². The lowest BCUT2D eigenvalue weighted by Gasteiger charge is -2.33. The molecule has 0 unspecified atom stereocenters. The van der Waals surface area contributed by atoms with Crippen molar-refractivity contribution >= 4 is 11.6 Å². The Hall–Kier alpha value is -3.16. The van der Waals surface area contributed by atoms with Crippen molar-refractivity contribution in [3.05, 3.63) is 89.5 Å². The quantitative estimate of drug-likeness (QED) is 0.530. The van der Waals surface area contributed by atoms with Crippen LogP contribution in [0.5, 0.6) is 0 Å². The monoisotopic (exact) mass is 467 g/mol. The molecule has 176 valence electrons. The number of fused-ring (bicyclic) bond motifs is 3. The maximum absolute atomic E-state index is 12.9. The van der Waals surface area contributed by atoms with Crippen molar-refractivity contribution in [3.8, 4) is 11.1 Å². The highest BCUT2D eigenvalue weighted by Crippen LogP contribution is 2.41. The van der Waals surface area contributed by atoms with Gasteiger partial charge in [0.2, 0.25) is 5.91 Å². The second kappa shape index (κ2) is 9.24. The Bertz CT molecular complexity index is 1140. The zero-order chi connectivity index (χ0) is 23.7. The molecule has 34 heavy (non-hydrogen) atoms. The van der Waals surface area contributed by atoms with Gasteiger partial charge < -0.3 is 15.1 Å². The lowest BCUT2D eigenvalue weighted by atomic mass is 10.0. The minimum absolute atomic E-state index is 0.183. The predicted octanol–water partition coefficient (Wildman–Crippen LogP) is 2.59. The van der Waals surface area contributed by atoms with Gasteiger partial charge in [-0.05, 0) is 29.3 Å². The van der Waals surface area contributed by atoms with E-state index in [2.05, 4.69) is 53.8 Å². The van der Waals surface area contributed by atoms with E-state index < -0.39 is 11.7 Å². The fourth-order valence-corrected chi connectivity index (χ4v) is 5.35. The van der Waals surface area contributed by atoms with Crippen molar-refractivity contribution < 1.29 is 27.8 Å². The number of benzene rings is 3. The summed E-state index contributed by atoms with van der Waals surface area (Å²) in [5, 5.41) is 2.61. The average molecular weight is 468 g/mol. The third-order valence-electron chi connectivity index (χ3n) is 7.02. The molecule has 0 aromatic heterocycles. The fourth-order valence-electron chi connectivity index (χ4n) is 5.35. The normalized spacial score (nSPS) is 20.0. The van der Waals surface area contributed by atoms with Gasteiger partial charge in [0.05, 0.1) is 18.5 Å². The molecule has 7 heteroatoms. The van der Waals surface area contributed by atoms with Crippen LogP contribution in [0, 0.1) is 0 Å². The van der Waals surface area contributed by atoms with E-state index in [0.717, 1.165) is 38.3 Å². The first-order valence-electron chi connectivity index (χ1n) is 11.7. The molecular weight excluding hydrogens is 439 g/mol. The van der Waals surface area contributed by atoms with Crippen molar-refractivity contribution in [1.82, 2.24) is 0 Å². The summed E-state index contributed by atoms with van der Waals surface area (Å²) in [6, 6.07) is 22.4. The standard InChI is InChI=1S/C27H26F3N3O/c28-27(29,30)19-6-5-7-20(18-19)31-25(34)12-13-32-14-16-33(17-15-32)26-23-10-3-1-8-21(23)22-9-2-4-11-24(22)26/h1-11,18,26H,12-17H2,(H,31,34)/p+2. The summed E-state index contributed by atoms with van der Waals surface area (Å²) in [4.78, 5) is 15.3. The summed E-state index contributed by atoms with van der Waals surface area (Å²) in [5.41, 5.74) is 4.87. The zero-order valence-electron chi connectivity index (χ0n) is 18.8. The van der Waals surface area contributed by atoms with Gasteiger partial charge in [-0.1, -0.05) is 54.6 Å². The number of piperazine rings is 1. The van der Waals surface area contributed by atoms with Crippen molar-refractivity contribution in [3.63, 3.8) is 0 Å². The number of carbonyl (C=O) groups excluding carboxylic acids is 1. The van der Waals surface area contributed by atoms with Gasteiger partial charge in [0.25, 0.3) is 0 Å². The first kappa shape index (κ1) is 22.6. The van der Waals surface area contributed by atoms with Crippen LogP contribution in [0.15, 0.2) is 72.8 Å². The summed E-state index contributed by atoms with van der Waals surface area (Å²) in [6.07, 6.45) is -4.14. The van der Waals surface area contributed by atoms with E-state index in [1.807, 2.05) is 0 Å². The molecule has 1 amide bonds. The summed E-state index contributed by atoms with van der Waals surface area (Å²) in [7, 11) is 0. The molecule has 1 fully saturated rings. The predicted molar refractivity (Wildman–Crippen MR) is 125 cm³/mol. The number of nitrogens with one attached hydrogen (secondary N) is 3. The van der Waals surface area contributed by atoms with Gasteiger partial charge in [-0.3, -0.25) is 4.79 Å². The molecule has 3 aromatic carbocycles. The van der Waals surface area contributed by atoms with Gasteiger partial charge in [-0.2, -0.15) is 13.2 Å². The molecule has 3 aromatic rings. The molecule has 0 bridgehead atoms. The van der Waals surface area contributed by atoms with Gasteiger partial charge in [0.15, 0.2) is 0 Å². The van der Waals surface area contributed by atoms with Crippen LogP contribution in [-0.2, 0) is 11.0 Å². The fraction of sp³-hybridized carbons (Fsp3) is 0.296. The summed E-state index contributed by atoms with van der Waals surface area (Å²) >= 11 is 0. The Kier molecular flexibility index (Phi) is 6.15. The smallest absolute Gasteiger partial charge is 0.326 e. The Morgan fingerprint density at radius 3 is 2.09 bits per heavy atom. The zero-order valence-corrected chi connectivity index (χ0v) is 18.8. The number of amides is 1. The van der Waals surface area contributed by atoms with Crippen molar-refractivity contribution in [2.24, 2.45) is 0 Å². The van der Waals surface area contributed by atoms with E-state index in [1.165, 1.54) is 39.3 Å². The number of rotatable bonds is 5. The SMILES string of the molecule is O=C(CC[NH+]1CC[NH+](C2c3ccccc3-c3ccccc32)CC1)Nc1cccc(C(F)(F)F)c1. The van der Waals surface area contributed by atoms with E-state index in [0.29, 0.717) is 12.6 Å². The molecule has 3 N–H and O–H groups in total. The highest BCUT2D eigenvalue weighted by atomic mass is 19.4. The largest absolute Gasteiger partial charge is 0.416 e. The molecule has 0 spiro atoms. The number of halogens is 3. The molecule has 5 rings (SSSR count). The molecule has 0 saturated carbocycles. The van der Waals surface area contributed by atoms with Crippen LogP contribution in [0.2, 0.25) is 0 Å². The molecule has 1 saturated heterocycles. The topological polar surface area (TPSA) is 38.0 Å². The average Bonchev–Trinajstić information content (AvgIpc) is 3.17. The minimum atomic E-state index is -4.42. The maximum atomic E-state index is 12.9. The molecule has 0 radical (unpaired) electrons. The summed E-state index contributed by atoms with van der Waals surface area (Å²) in [5.74, 6) is -0.250. The van der Waals surface area contributed by atoms with Gasteiger partial charge in [-0.25, -0.2) is 0 Å². The van der Waals surface area contributed by atoms with Gasteiger partial charge in [-0.15, -0.1) is 0 Å². The number of anilines is 1. The second-order valence-electron chi connectivity index (χ2n) is 9.14. The molecule has 2 aliphatic rings. The Morgan fingerprint density at radius 2 is 1.47 bits per heavy atom. The first-order valence-corrected chi connectivity index (χ1v) is 11.7. The van der Waals surface area contributed by atoms with E-state index in [1.54, 1.807) is 4.90 Å². The summed E-state index contributed by atoms with van der Waals surface area (Å²) < 4.78 is 38.7. The molecule has 1 aliphatic heterocycles. The van der Waals surface area contributed by atoms with E-state index >= 15 is 0 Å². The number of hydrogen-bond acceptors (Lipinski definition) is 1. The van der Waals surface area contributed by atoms with Crippen LogP contribution in [-0.4, -0.2) is 38.6 Å². The number of quaternary nitrogens is 2.